The fourth-order valence-corrected chi connectivity index (χ4v) is 1.40. The number of nitrogens with zero attached hydrogens (tertiary/aromatic N) is 1. The van der Waals surface area contributed by atoms with Gasteiger partial charge in [-0.3, -0.25) is 0 Å². The van der Waals surface area contributed by atoms with Crippen LogP contribution in [0.25, 0.3) is 0 Å². The molecule has 1 aromatic rings. The smallest absolute Gasteiger partial charge is 0.174 e. The Morgan fingerprint density at radius 3 is 2.81 bits per heavy atom. The van der Waals surface area contributed by atoms with Gasteiger partial charge in [0, 0.05) is 6.61 Å². The molecule has 0 saturated heterocycles. The van der Waals surface area contributed by atoms with E-state index >= 15 is 0 Å². The van der Waals surface area contributed by atoms with E-state index in [-0.39, 0.29) is 0 Å². The Morgan fingerprint density at radius 2 is 2.25 bits per heavy atom. The second-order valence-electron chi connectivity index (χ2n) is 3.23. The van der Waals surface area contributed by atoms with Crippen molar-refractivity contribution in [3.63, 3.8) is 0 Å². The van der Waals surface area contributed by atoms with Crippen LogP contribution in [0.5, 0.6) is 5.75 Å². The van der Waals surface area contributed by atoms with E-state index < -0.39 is 12.2 Å². The molecule has 1 rings (SSSR count). The van der Waals surface area contributed by atoms with Gasteiger partial charge in [-0.1, -0.05) is 12.1 Å². The number of hydrogen-bond acceptors (Lipinski definition) is 4. The molecular weight excluding hydrogens is 206 g/mol. The number of nitriles is 1. The van der Waals surface area contributed by atoms with Crippen molar-refractivity contribution in [2.24, 2.45) is 0 Å². The molecule has 0 aliphatic rings. The highest BCUT2D eigenvalue weighted by molar-refractivity contribution is 5.33. The highest BCUT2D eigenvalue weighted by Gasteiger charge is 2.21. The summed E-state index contributed by atoms with van der Waals surface area (Å²) >= 11 is 0. The Kier molecular flexibility index (Phi) is 4.77. The van der Waals surface area contributed by atoms with E-state index in [1.807, 2.05) is 6.07 Å². The van der Waals surface area contributed by atoms with Crippen molar-refractivity contribution < 1.29 is 14.6 Å². The lowest BCUT2D eigenvalue weighted by Crippen LogP contribution is -2.20. The summed E-state index contributed by atoms with van der Waals surface area (Å²) in [7, 11) is 1.56. The second-order valence-corrected chi connectivity index (χ2v) is 3.23. The summed E-state index contributed by atoms with van der Waals surface area (Å²) in [6.07, 6.45) is -1.11. The molecule has 0 aliphatic heterocycles. The highest BCUT2D eigenvalue weighted by atomic mass is 16.6. The van der Waals surface area contributed by atoms with Crippen molar-refractivity contribution in [3.05, 3.63) is 29.8 Å². The van der Waals surface area contributed by atoms with Gasteiger partial charge in [0.15, 0.2) is 6.29 Å². The summed E-state index contributed by atoms with van der Waals surface area (Å²) in [6.45, 7) is 2.13. The van der Waals surface area contributed by atoms with Gasteiger partial charge >= 0.3 is 0 Å². The van der Waals surface area contributed by atoms with Gasteiger partial charge in [0.2, 0.25) is 0 Å². The fourth-order valence-electron chi connectivity index (χ4n) is 1.40. The Hall–Kier alpha value is -1.57. The number of benzene rings is 1. The van der Waals surface area contributed by atoms with Gasteiger partial charge in [-0.15, -0.1) is 0 Å². The van der Waals surface area contributed by atoms with E-state index in [4.69, 9.17) is 14.7 Å². The average molecular weight is 221 g/mol. The van der Waals surface area contributed by atoms with Gasteiger partial charge in [-0.2, -0.15) is 5.26 Å². The molecule has 2 atom stereocenters. The number of rotatable bonds is 5. The molecule has 0 heterocycles. The van der Waals surface area contributed by atoms with Crippen LogP contribution in [-0.2, 0) is 4.74 Å². The van der Waals surface area contributed by atoms with E-state index in [9.17, 15) is 5.11 Å². The Labute approximate surface area is 95.0 Å². The van der Waals surface area contributed by atoms with Gasteiger partial charge in [0.1, 0.15) is 11.7 Å². The summed E-state index contributed by atoms with van der Waals surface area (Å²) in [5.41, 5.74) is 0.683. The van der Waals surface area contributed by atoms with Crippen molar-refractivity contribution >= 4 is 0 Å². The summed E-state index contributed by atoms with van der Waals surface area (Å²) in [6, 6.07) is 9.06. The Balaban J connectivity index is 2.91. The van der Waals surface area contributed by atoms with Gasteiger partial charge in [0.05, 0.1) is 13.2 Å². The standard InChI is InChI=1S/C12H15NO3/c1-3-16-12(14)11(8-13)9-5-4-6-10(7-9)15-2/h4-7,11-12,14H,3H2,1-2H3. The molecule has 1 aromatic carbocycles. The van der Waals surface area contributed by atoms with E-state index in [2.05, 4.69) is 0 Å². The van der Waals surface area contributed by atoms with Crippen LogP contribution in [0.3, 0.4) is 0 Å². The Morgan fingerprint density at radius 1 is 1.50 bits per heavy atom. The average Bonchev–Trinajstić information content (AvgIpc) is 2.31. The third-order valence-electron chi connectivity index (χ3n) is 2.21. The molecule has 0 amide bonds. The lowest BCUT2D eigenvalue weighted by Gasteiger charge is -2.17. The van der Waals surface area contributed by atoms with Crippen LogP contribution in [0, 0.1) is 11.3 Å². The van der Waals surface area contributed by atoms with Gasteiger partial charge in [-0.25, -0.2) is 0 Å². The maximum Gasteiger partial charge on any atom is 0.174 e. The maximum absolute atomic E-state index is 9.64. The molecule has 0 aliphatic carbocycles. The first kappa shape index (κ1) is 12.5. The molecule has 2 unspecified atom stereocenters. The second kappa shape index (κ2) is 6.11. The number of aliphatic hydroxyl groups excluding tert-OH is 1. The van der Waals surface area contributed by atoms with Gasteiger partial charge in [-0.05, 0) is 24.6 Å². The molecule has 4 nitrogen and oxygen atoms in total. The Bertz CT molecular complexity index is 373. The van der Waals surface area contributed by atoms with Crippen molar-refractivity contribution in [2.45, 2.75) is 19.1 Å². The van der Waals surface area contributed by atoms with Gasteiger partial charge in [0.25, 0.3) is 0 Å². The highest BCUT2D eigenvalue weighted by Crippen LogP contribution is 2.23. The predicted octanol–water partition coefficient (Wildman–Crippen LogP) is 1.66. The zero-order valence-corrected chi connectivity index (χ0v) is 9.38. The van der Waals surface area contributed by atoms with Crippen LogP contribution in [0.2, 0.25) is 0 Å². The van der Waals surface area contributed by atoms with Crippen LogP contribution >= 0.6 is 0 Å². The largest absolute Gasteiger partial charge is 0.497 e. The van der Waals surface area contributed by atoms with Crippen LogP contribution < -0.4 is 4.74 Å². The quantitative estimate of drug-likeness (QED) is 0.768. The van der Waals surface area contributed by atoms with Crippen LogP contribution in [-0.4, -0.2) is 25.1 Å². The zero-order valence-electron chi connectivity index (χ0n) is 9.38. The van der Waals surface area contributed by atoms with E-state index in [1.54, 1.807) is 38.3 Å². The van der Waals surface area contributed by atoms with Crippen LogP contribution in [0.15, 0.2) is 24.3 Å². The summed E-state index contributed by atoms with van der Waals surface area (Å²) in [5.74, 6) is -0.0449. The minimum atomic E-state index is -1.11. The monoisotopic (exact) mass is 221 g/mol. The van der Waals surface area contributed by atoms with Crippen molar-refractivity contribution in [1.82, 2.24) is 0 Å². The molecular formula is C12H15NO3. The molecule has 4 heteroatoms. The third kappa shape index (κ3) is 2.96. The summed E-state index contributed by atoms with van der Waals surface area (Å²) in [5, 5.41) is 18.6. The molecule has 0 aromatic heterocycles. The molecule has 0 spiro atoms. The number of methoxy groups -OCH3 is 1. The first-order valence-electron chi connectivity index (χ1n) is 5.06. The SMILES string of the molecule is CCOC(O)C(C#N)c1cccc(OC)c1. The molecule has 16 heavy (non-hydrogen) atoms. The van der Waals surface area contributed by atoms with Crippen LogP contribution in [0.1, 0.15) is 18.4 Å². The van der Waals surface area contributed by atoms with Crippen molar-refractivity contribution in [1.29, 1.82) is 5.26 Å². The minimum absolute atomic E-state index is 0.364. The minimum Gasteiger partial charge on any atom is -0.497 e. The lowest BCUT2D eigenvalue weighted by molar-refractivity contribution is -0.101. The molecule has 0 fully saturated rings. The van der Waals surface area contributed by atoms with E-state index in [1.165, 1.54) is 0 Å². The normalized spacial score (nSPS) is 13.9. The van der Waals surface area contributed by atoms with Crippen molar-refractivity contribution in [2.75, 3.05) is 13.7 Å². The molecule has 86 valence electrons. The van der Waals surface area contributed by atoms with E-state index in [0.717, 1.165) is 0 Å². The molecule has 1 N–H and O–H groups in total. The topological polar surface area (TPSA) is 62.5 Å². The fraction of sp³-hybridized carbons (Fsp3) is 0.417. The number of hydrogen-bond donors (Lipinski definition) is 1. The summed E-state index contributed by atoms with van der Waals surface area (Å²) < 4.78 is 10.1. The zero-order chi connectivity index (χ0) is 12.0. The first-order valence-corrected chi connectivity index (χ1v) is 5.06. The number of aliphatic hydroxyl groups is 1. The van der Waals surface area contributed by atoms with Crippen molar-refractivity contribution in [3.8, 4) is 11.8 Å². The molecule has 0 bridgehead atoms. The molecule has 0 radical (unpaired) electrons. The molecule has 0 saturated carbocycles. The van der Waals surface area contributed by atoms with Gasteiger partial charge < -0.3 is 14.6 Å². The number of ether oxygens (including phenoxy) is 2. The third-order valence-corrected chi connectivity index (χ3v) is 2.21. The lowest BCUT2D eigenvalue weighted by atomic mass is 10.00. The maximum atomic E-state index is 9.64. The van der Waals surface area contributed by atoms with E-state index in [0.29, 0.717) is 17.9 Å². The first-order chi connectivity index (χ1) is 7.72. The summed E-state index contributed by atoms with van der Waals surface area (Å²) in [4.78, 5) is 0. The predicted molar refractivity (Wildman–Crippen MR) is 59.0 cm³/mol. The van der Waals surface area contributed by atoms with Crippen LogP contribution in [0.4, 0.5) is 0 Å².